The molecule has 0 amide bonds. The van der Waals surface area contributed by atoms with Crippen molar-refractivity contribution in [1.29, 1.82) is 0 Å². The SMILES string of the molecule is Cn1ccc2ccsc2c1=[N+]1[C-]=Nc2ccccc21.[CH3-].[Y]. The third-order valence-electron chi connectivity index (χ3n) is 3.32. The van der Waals surface area contributed by atoms with E-state index in [1.165, 1.54) is 10.1 Å². The number of fused-ring (bicyclic) bond motifs is 2. The molecule has 3 heterocycles. The minimum atomic E-state index is 0. The molecule has 1 aliphatic rings. The fourth-order valence-corrected chi connectivity index (χ4v) is 3.34. The summed E-state index contributed by atoms with van der Waals surface area (Å²) < 4.78 is 5.40. The van der Waals surface area contributed by atoms with Crippen molar-refractivity contribution >= 4 is 39.1 Å². The fourth-order valence-electron chi connectivity index (χ4n) is 2.38. The van der Waals surface area contributed by atoms with E-state index in [0.717, 1.165) is 16.9 Å². The van der Waals surface area contributed by atoms with Crippen LogP contribution in [-0.4, -0.2) is 10.9 Å². The van der Waals surface area contributed by atoms with E-state index >= 15 is 0 Å². The van der Waals surface area contributed by atoms with Crippen LogP contribution in [0.2, 0.25) is 0 Å². The van der Waals surface area contributed by atoms with Crippen LogP contribution in [0.25, 0.3) is 10.1 Å². The number of nitrogens with zero attached hydrogens (tertiary/aromatic N) is 3. The summed E-state index contributed by atoms with van der Waals surface area (Å²) in [7, 11) is 2.05. The fraction of sp³-hybridized carbons (Fsp3) is 0.0625. The molecule has 21 heavy (non-hydrogen) atoms. The van der Waals surface area contributed by atoms with Gasteiger partial charge in [0.1, 0.15) is 0 Å². The Morgan fingerprint density at radius 1 is 1.19 bits per heavy atom. The van der Waals surface area contributed by atoms with Gasteiger partial charge in [0.05, 0.1) is 16.6 Å². The van der Waals surface area contributed by atoms with Crippen LogP contribution in [0.5, 0.6) is 0 Å². The molecule has 103 valence electrons. The van der Waals surface area contributed by atoms with E-state index in [4.69, 9.17) is 0 Å². The van der Waals surface area contributed by atoms with Gasteiger partial charge in [0.25, 0.3) is 0 Å². The van der Waals surface area contributed by atoms with Crippen molar-refractivity contribution in [2.24, 2.45) is 12.0 Å². The molecule has 3 nitrogen and oxygen atoms in total. The average Bonchev–Trinajstić information content (AvgIpc) is 3.05. The van der Waals surface area contributed by atoms with E-state index < -0.39 is 0 Å². The number of rotatable bonds is 0. The zero-order chi connectivity index (χ0) is 12.8. The van der Waals surface area contributed by atoms with Crippen LogP contribution < -0.4 is 10.1 Å². The summed E-state index contributed by atoms with van der Waals surface area (Å²) in [6.45, 7) is 0. The van der Waals surface area contributed by atoms with E-state index in [1.54, 1.807) is 11.3 Å². The van der Waals surface area contributed by atoms with Crippen molar-refractivity contribution in [3.63, 3.8) is 0 Å². The van der Waals surface area contributed by atoms with Gasteiger partial charge in [-0.05, 0) is 22.9 Å². The van der Waals surface area contributed by atoms with Gasteiger partial charge in [-0.15, -0.1) is 11.3 Å². The number of benzene rings is 1. The smallest absolute Gasteiger partial charge is 0.208 e. The van der Waals surface area contributed by atoms with Gasteiger partial charge in [-0.2, -0.15) is 0 Å². The predicted octanol–water partition coefficient (Wildman–Crippen LogP) is 3.34. The number of thiophene rings is 1. The molecule has 0 atom stereocenters. The van der Waals surface area contributed by atoms with Crippen LogP contribution in [0.3, 0.4) is 0 Å². The third kappa shape index (κ3) is 2.56. The van der Waals surface area contributed by atoms with Gasteiger partial charge in [0, 0.05) is 45.4 Å². The number of aryl methyl sites for hydroxylation is 1. The number of aliphatic imine (C=N–C) groups is 1. The molecule has 0 N–H and O–H groups in total. The number of aromatic nitrogens is 1. The monoisotopic (exact) mass is 369 g/mol. The van der Waals surface area contributed by atoms with Gasteiger partial charge in [0.2, 0.25) is 6.34 Å². The predicted molar refractivity (Wildman–Crippen MR) is 85.7 cm³/mol. The molecule has 1 radical (unpaired) electrons. The average molecular weight is 369 g/mol. The summed E-state index contributed by atoms with van der Waals surface area (Å²) in [5.41, 5.74) is 3.16. The van der Waals surface area contributed by atoms with E-state index in [-0.39, 0.29) is 40.1 Å². The molecule has 0 saturated carbocycles. The van der Waals surface area contributed by atoms with Crippen LogP contribution in [0.4, 0.5) is 11.4 Å². The largest absolute Gasteiger partial charge is 0.358 e. The minimum Gasteiger partial charge on any atom is -0.358 e. The van der Waals surface area contributed by atoms with Gasteiger partial charge >= 0.3 is 0 Å². The zero-order valence-electron chi connectivity index (χ0n) is 11.9. The first-order valence-electron chi connectivity index (χ1n) is 6.06. The second kappa shape index (κ2) is 6.34. The summed E-state index contributed by atoms with van der Waals surface area (Å²) in [4.78, 5) is 4.36. The molecule has 0 fully saturated rings. The quantitative estimate of drug-likeness (QED) is 0.428. The molecule has 5 heteroatoms. The molecule has 2 aromatic heterocycles. The molecule has 0 spiro atoms. The Balaban J connectivity index is 0.000000807. The summed E-state index contributed by atoms with van der Waals surface area (Å²) in [5.74, 6) is 0. The molecule has 3 aromatic rings. The summed E-state index contributed by atoms with van der Waals surface area (Å²) in [6, 6.07) is 12.4. The summed E-state index contributed by atoms with van der Waals surface area (Å²) in [5, 5.41) is 3.37. The second-order valence-corrected chi connectivity index (χ2v) is 5.41. The molecule has 1 aliphatic heterocycles. The van der Waals surface area contributed by atoms with E-state index in [9.17, 15) is 0 Å². The van der Waals surface area contributed by atoms with E-state index in [0.29, 0.717) is 0 Å². The molecule has 1 aromatic carbocycles. The van der Waals surface area contributed by atoms with Crippen LogP contribution in [-0.2, 0) is 39.8 Å². The Morgan fingerprint density at radius 2 is 2.00 bits per heavy atom. The molecular weight excluding hydrogens is 355 g/mol. The second-order valence-electron chi connectivity index (χ2n) is 4.49. The van der Waals surface area contributed by atoms with Crippen molar-refractivity contribution in [2.45, 2.75) is 0 Å². The minimum absolute atomic E-state index is 0. The van der Waals surface area contributed by atoms with Gasteiger partial charge in [-0.25, -0.2) is 4.99 Å². The van der Waals surface area contributed by atoms with E-state index in [1.807, 2.05) is 22.8 Å². The zero-order valence-corrected chi connectivity index (χ0v) is 15.6. The molecular formula is C16H14N3SY-. The van der Waals surface area contributed by atoms with Crippen molar-refractivity contribution < 1.29 is 32.7 Å². The number of para-hydroxylation sites is 2. The first-order valence-corrected chi connectivity index (χ1v) is 6.94. The van der Waals surface area contributed by atoms with Crippen molar-refractivity contribution in [2.75, 3.05) is 0 Å². The van der Waals surface area contributed by atoms with Gasteiger partial charge in [-0.3, -0.25) is 0 Å². The molecule has 0 unspecified atom stereocenters. The molecule has 0 aliphatic carbocycles. The van der Waals surface area contributed by atoms with Gasteiger partial charge in [-0.1, -0.05) is 24.3 Å². The number of hydrogen-bond donors (Lipinski definition) is 0. The Labute approximate surface area is 153 Å². The Hall–Kier alpha value is -1.10. The maximum atomic E-state index is 4.36. The van der Waals surface area contributed by atoms with Crippen LogP contribution in [0.1, 0.15) is 0 Å². The first kappa shape index (κ1) is 16.3. The Morgan fingerprint density at radius 3 is 2.86 bits per heavy atom. The summed E-state index contributed by atoms with van der Waals surface area (Å²) in [6.07, 6.45) is 5.18. The molecule has 4 rings (SSSR count). The van der Waals surface area contributed by atoms with E-state index in [2.05, 4.69) is 52.7 Å². The third-order valence-corrected chi connectivity index (χ3v) is 4.24. The van der Waals surface area contributed by atoms with Crippen molar-refractivity contribution in [1.82, 2.24) is 9.14 Å². The topological polar surface area (TPSA) is 20.3 Å². The maximum Gasteiger partial charge on any atom is 0.208 e. The van der Waals surface area contributed by atoms with Crippen LogP contribution >= 0.6 is 11.3 Å². The first-order chi connectivity index (χ1) is 9.34. The van der Waals surface area contributed by atoms with Crippen LogP contribution in [0, 0.1) is 7.43 Å². The van der Waals surface area contributed by atoms with Crippen molar-refractivity contribution in [3.05, 3.63) is 60.9 Å². The Kier molecular flexibility index (Phi) is 4.92. The van der Waals surface area contributed by atoms with Gasteiger partial charge in [0.15, 0.2) is 5.49 Å². The Bertz CT molecular complexity index is 890. The van der Waals surface area contributed by atoms with Gasteiger partial charge < -0.3 is 16.6 Å². The number of hydrogen-bond acceptors (Lipinski definition) is 2. The van der Waals surface area contributed by atoms with Crippen molar-refractivity contribution in [3.8, 4) is 0 Å². The number of pyridine rings is 1. The summed E-state index contributed by atoms with van der Waals surface area (Å²) >= 11 is 1.75. The normalized spacial score (nSPS) is 14.5. The molecule has 0 saturated heterocycles. The molecule has 0 bridgehead atoms. The standard InChI is InChI=1S/C15H11N3S.CH3.Y/c1-17-8-6-11-7-9-19-14(11)15(17)18-10-16-12-4-2-3-5-13(12)18;;/h2-9H,1H3;1H3;/q;-1;. The van der Waals surface area contributed by atoms with Crippen LogP contribution in [0.15, 0.2) is 53.0 Å². The maximum absolute atomic E-state index is 4.36.